The molecule has 76 valence electrons. The van der Waals surface area contributed by atoms with E-state index in [1.165, 1.54) is 32.4 Å². The van der Waals surface area contributed by atoms with E-state index in [1.54, 1.807) is 0 Å². The molecule has 2 N–H and O–H groups in total. The normalized spacial score (nSPS) is 42.2. The summed E-state index contributed by atoms with van der Waals surface area (Å²) in [6.45, 7) is 7.20. The second kappa shape index (κ2) is 3.58. The molecular weight excluding hydrogens is 160 g/mol. The molecular formula is C11H22N2. The molecule has 0 amide bonds. The summed E-state index contributed by atoms with van der Waals surface area (Å²) in [6, 6.07) is 1.13. The van der Waals surface area contributed by atoms with E-state index in [-0.39, 0.29) is 0 Å². The van der Waals surface area contributed by atoms with Crippen LogP contribution in [0.1, 0.15) is 33.1 Å². The summed E-state index contributed by atoms with van der Waals surface area (Å²) in [5.41, 5.74) is 6.05. The van der Waals surface area contributed by atoms with Crippen LogP contribution in [0.25, 0.3) is 0 Å². The Morgan fingerprint density at radius 2 is 1.92 bits per heavy atom. The van der Waals surface area contributed by atoms with Crippen LogP contribution in [-0.2, 0) is 0 Å². The Morgan fingerprint density at radius 1 is 1.23 bits per heavy atom. The van der Waals surface area contributed by atoms with E-state index in [0.717, 1.165) is 5.92 Å². The molecule has 0 aromatic heterocycles. The van der Waals surface area contributed by atoms with Crippen LogP contribution in [0.3, 0.4) is 0 Å². The van der Waals surface area contributed by atoms with Crippen molar-refractivity contribution in [3.63, 3.8) is 0 Å². The van der Waals surface area contributed by atoms with Crippen molar-refractivity contribution in [3.05, 3.63) is 0 Å². The number of rotatable bonds is 2. The average Bonchev–Trinajstić information content (AvgIpc) is 2.90. The summed E-state index contributed by atoms with van der Waals surface area (Å²) in [5, 5.41) is 0. The molecule has 1 heterocycles. The highest BCUT2D eigenvalue weighted by Gasteiger charge is 2.33. The molecule has 1 aliphatic heterocycles. The van der Waals surface area contributed by atoms with Crippen molar-refractivity contribution in [3.8, 4) is 0 Å². The molecule has 2 heteroatoms. The van der Waals surface area contributed by atoms with Gasteiger partial charge in [-0.1, -0.05) is 6.92 Å². The average molecular weight is 182 g/mol. The van der Waals surface area contributed by atoms with Crippen LogP contribution < -0.4 is 5.73 Å². The molecule has 0 aromatic carbocycles. The topological polar surface area (TPSA) is 29.3 Å². The lowest BCUT2D eigenvalue weighted by Crippen LogP contribution is -2.52. The van der Waals surface area contributed by atoms with Crippen LogP contribution in [-0.4, -0.2) is 30.1 Å². The fourth-order valence-electron chi connectivity index (χ4n) is 2.36. The summed E-state index contributed by atoms with van der Waals surface area (Å²) in [5.74, 6) is 1.69. The van der Waals surface area contributed by atoms with E-state index in [0.29, 0.717) is 18.0 Å². The molecule has 2 aliphatic rings. The molecule has 3 unspecified atom stereocenters. The maximum Gasteiger partial charge on any atom is 0.0107 e. The summed E-state index contributed by atoms with van der Waals surface area (Å²) in [4.78, 5) is 2.64. The van der Waals surface area contributed by atoms with E-state index in [9.17, 15) is 0 Å². The molecule has 0 spiro atoms. The standard InChI is InChI=1S/C11H22N2/c1-8-9(2)13(6-5-11(8)12)7-10-3-4-10/h8-11H,3-7,12H2,1-2H3. The summed E-state index contributed by atoms with van der Waals surface area (Å²) in [7, 11) is 0. The third-order valence-electron chi connectivity index (χ3n) is 3.95. The number of piperidine rings is 1. The molecule has 3 atom stereocenters. The SMILES string of the molecule is CC1C(N)CCN(CC2CC2)C1C. The van der Waals surface area contributed by atoms with Gasteiger partial charge in [0.05, 0.1) is 0 Å². The predicted octanol–water partition coefficient (Wildman–Crippen LogP) is 1.45. The maximum atomic E-state index is 6.05. The molecule has 1 aliphatic carbocycles. The molecule has 2 rings (SSSR count). The largest absolute Gasteiger partial charge is 0.327 e. The third kappa shape index (κ3) is 2.05. The van der Waals surface area contributed by atoms with Crippen molar-refractivity contribution in [1.29, 1.82) is 0 Å². The molecule has 2 fully saturated rings. The van der Waals surface area contributed by atoms with Gasteiger partial charge in [0.1, 0.15) is 0 Å². The first-order chi connectivity index (χ1) is 6.18. The predicted molar refractivity (Wildman–Crippen MR) is 55.5 cm³/mol. The second-order valence-corrected chi connectivity index (χ2v) is 4.99. The first-order valence-electron chi connectivity index (χ1n) is 5.68. The first kappa shape index (κ1) is 9.47. The summed E-state index contributed by atoms with van der Waals surface area (Å²) in [6.07, 6.45) is 4.12. The van der Waals surface area contributed by atoms with Crippen LogP contribution in [0.4, 0.5) is 0 Å². The maximum absolute atomic E-state index is 6.05. The minimum absolute atomic E-state index is 0.436. The number of nitrogens with two attached hydrogens (primary N) is 1. The minimum Gasteiger partial charge on any atom is -0.327 e. The summed E-state index contributed by atoms with van der Waals surface area (Å²) >= 11 is 0. The number of likely N-dealkylation sites (tertiary alicyclic amines) is 1. The van der Waals surface area contributed by atoms with Gasteiger partial charge in [0, 0.05) is 18.6 Å². The van der Waals surface area contributed by atoms with Crippen molar-refractivity contribution >= 4 is 0 Å². The van der Waals surface area contributed by atoms with E-state index >= 15 is 0 Å². The van der Waals surface area contributed by atoms with Crippen LogP contribution in [0.5, 0.6) is 0 Å². The van der Waals surface area contributed by atoms with E-state index in [1.807, 2.05) is 0 Å². The van der Waals surface area contributed by atoms with Crippen LogP contribution in [0, 0.1) is 11.8 Å². The lowest BCUT2D eigenvalue weighted by molar-refractivity contribution is 0.0933. The van der Waals surface area contributed by atoms with E-state index < -0.39 is 0 Å². The van der Waals surface area contributed by atoms with Crippen molar-refractivity contribution in [2.24, 2.45) is 17.6 Å². The molecule has 0 aromatic rings. The Morgan fingerprint density at radius 3 is 2.54 bits per heavy atom. The zero-order valence-electron chi connectivity index (χ0n) is 8.87. The lowest BCUT2D eigenvalue weighted by atomic mass is 9.87. The van der Waals surface area contributed by atoms with Gasteiger partial charge in [-0.15, -0.1) is 0 Å². The van der Waals surface area contributed by atoms with Gasteiger partial charge in [0.2, 0.25) is 0 Å². The third-order valence-corrected chi connectivity index (χ3v) is 3.95. The van der Waals surface area contributed by atoms with Crippen molar-refractivity contribution in [2.75, 3.05) is 13.1 Å². The quantitative estimate of drug-likeness (QED) is 0.700. The Bertz CT molecular complexity index is 177. The van der Waals surface area contributed by atoms with Gasteiger partial charge in [-0.05, 0) is 44.6 Å². The smallest absolute Gasteiger partial charge is 0.0107 e. The Kier molecular flexibility index (Phi) is 2.61. The van der Waals surface area contributed by atoms with Crippen LogP contribution >= 0.6 is 0 Å². The molecule has 2 nitrogen and oxygen atoms in total. The fraction of sp³-hybridized carbons (Fsp3) is 1.00. The molecule has 1 saturated carbocycles. The Labute approximate surface area is 81.5 Å². The van der Waals surface area contributed by atoms with Gasteiger partial charge in [-0.2, -0.15) is 0 Å². The van der Waals surface area contributed by atoms with Crippen molar-refractivity contribution in [2.45, 2.75) is 45.2 Å². The van der Waals surface area contributed by atoms with Crippen molar-refractivity contribution in [1.82, 2.24) is 4.90 Å². The van der Waals surface area contributed by atoms with Gasteiger partial charge in [0.25, 0.3) is 0 Å². The highest BCUT2D eigenvalue weighted by molar-refractivity contribution is 4.89. The zero-order chi connectivity index (χ0) is 9.42. The van der Waals surface area contributed by atoms with Crippen molar-refractivity contribution < 1.29 is 0 Å². The molecule has 1 saturated heterocycles. The highest BCUT2D eigenvalue weighted by Crippen LogP contribution is 2.32. The highest BCUT2D eigenvalue weighted by atomic mass is 15.2. The number of hydrogen-bond acceptors (Lipinski definition) is 2. The Balaban J connectivity index is 1.88. The first-order valence-corrected chi connectivity index (χ1v) is 5.68. The minimum atomic E-state index is 0.436. The molecule has 13 heavy (non-hydrogen) atoms. The monoisotopic (exact) mass is 182 g/mol. The summed E-state index contributed by atoms with van der Waals surface area (Å²) < 4.78 is 0. The number of nitrogens with zero attached hydrogens (tertiary/aromatic N) is 1. The van der Waals surface area contributed by atoms with Gasteiger partial charge in [-0.3, -0.25) is 0 Å². The molecule has 0 bridgehead atoms. The molecule has 0 radical (unpaired) electrons. The zero-order valence-corrected chi connectivity index (χ0v) is 8.87. The van der Waals surface area contributed by atoms with Gasteiger partial charge in [0.15, 0.2) is 0 Å². The Hall–Kier alpha value is -0.0800. The van der Waals surface area contributed by atoms with E-state index in [4.69, 9.17) is 5.73 Å². The van der Waals surface area contributed by atoms with Crippen LogP contribution in [0.2, 0.25) is 0 Å². The second-order valence-electron chi connectivity index (χ2n) is 4.99. The van der Waals surface area contributed by atoms with E-state index in [2.05, 4.69) is 18.7 Å². The lowest BCUT2D eigenvalue weighted by Gasteiger charge is -2.41. The van der Waals surface area contributed by atoms with Gasteiger partial charge < -0.3 is 10.6 Å². The number of hydrogen-bond donors (Lipinski definition) is 1. The van der Waals surface area contributed by atoms with Crippen LogP contribution in [0.15, 0.2) is 0 Å². The fourth-order valence-corrected chi connectivity index (χ4v) is 2.36. The van der Waals surface area contributed by atoms with Gasteiger partial charge in [-0.25, -0.2) is 0 Å². The van der Waals surface area contributed by atoms with Gasteiger partial charge >= 0.3 is 0 Å².